The molecule has 0 bridgehead atoms. The lowest BCUT2D eigenvalue weighted by Gasteiger charge is -2.47. The SMILES string of the molecule is C=CCOC(=O)N1CC[C@H](N2CCC(=CC3=C(C(=O)O)N4C(=O)[C@@H](N)[C@H]4SC3)C2=O)C1.O=C(O)C(F)(F)F. The average molecular weight is 563 g/mol. The maximum atomic E-state index is 13.0. The quantitative estimate of drug-likeness (QED) is 0.247. The number of carbonyl (C=O) groups excluding carboxylic acids is 3. The second-order valence-electron chi connectivity index (χ2n) is 8.59. The van der Waals surface area contributed by atoms with Crippen molar-refractivity contribution in [2.75, 3.05) is 32.0 Å². The number of hydrogen-bond donors (Lipinski definition) is 3. The molecular weight excluding hydrogens is 537 g/mol. The zero-order chi connectivity index (χ0) is 28.4. The number of nitrogens with zero attached hydrogens (tertiary/aromatic N) is 3. The van der Waals surface area contributed by atoms with Crippen LogP contribution in [0.1, 0.15) is 12.8 Å². The second-order valence-corrected chi connectivity index (χ2v) is 9.69. The number of aliphatic carboxylic acids is 2. The molecule has 4 aliphatic heterocycles. The number of allylic oxidation sites excluding steroid dienone is 1. The van der Waals surface area contributed by atoms with Crippen LogP contribution in [0.3, 0.4) is 0 Å². The number of alkyl halides is 3. The van der Waals surface area contributed by atoms with Crippen molar-refractivity contribution in [1.82, 2.24) is 14.7 Å². The predicted molar refractivity (Wildman–Crippen MR) is 125 cm³/mol. The van der Waals surface area contributed by atoms with E-state index in [0.29, 0.717) is 49.4 Å². The highest BCUT2D eigenvalue weighted by Crippen LogP contribution is 2.40. The highest BCUT2D eigenvalue weighted by molar-refractivity contribution is 8.00. The molecule has 16 heteroatoms. The third-order valence-electron chi connectivity index (χ3n) is 6.18. The summed E-state index contributed by atoms with van der Waals surface area (Å²) in [4.78, 5) is 62.4. The summed E-state index contributed by atoms with van der Waals surface area (Å²) in [7, 11) is 0. The number of likely N-dealkylation sites (tertiary alicyclic amines) is 2. The third kappa shape index (κ3) is 5.96. The first-order valence-corrected chi connectivity index (χ1v) is 12.3. The van der Waals surface area contributed by atoms with E-state index in [1.54, 1.807) is 15.9 Å². The van der Waals surface area contributed by atoms with Crippen molar-refractivity contribution in [1.29, 1.82) is 0 Å². The van der Waals surface area contributed by atoms with Gasteiger partial charge in [0.05, 0.1) is 6.04 Å². The molecule has 4 rings (SSSR count). The third-order valence-corrected chi connectivity index (χ3v) is 7.50. The Morgan fingerprint density at radius 3 is 2.45 bits per heavy atom. The maximum absolute atomic E-state index is 13.0. The summed E-state index contributed by atoms with van der Waals surface area (Å²) in [5.74, 6) is -4.18. The highest BCUT2D eigenvalue weighted by Gasteiger charge is 2.51. The molecule has 0 saturated carbocycles. The fourth-order valence-electron chi connectivity index (χ4n) is 4.36. The Labute approximate surface area is 218 Å². The summed E-state index contributed by atoms with van der Waals surface area (Å²) < 4.78 is 36.8. The molecule has 0 aromatic carbocycles. The maximum Gasteiger partial charge on any atom is 0.490 e. The summed E-state index contributed by atoms with van der Waals surface area (Å²) >= 11 is 1.40. The van der Waals surface area contributed by atoms with Gasteiger partial charge in [0.2, 0.25) is 11.8 Å². The molecule has 0 spiro atoms. The number of rotatable bonds is 5. The Morgan fingerprint density at radius 1 is 1.21 bits per heavy atom. The number of nitrogens with two attached hydrogens (primary N) is 1. The number of ether oxygens (including phenoxy) is 1. The van der Waals surface area contributed by atoms with E-state index >= 15 is 0 Å². The van der Waals surface area contributed by atoms with Gasteiger partial charge in [-0.05, 0) is 24.5 Å². The van der Waals surface area contributed by atoms with Gasteiger partial charge in [-0.3, -0.25) is 14.5 Å². The zero-order valence-electron chi connectivity index (χ0n) is 19.8. The Hall–Kier alpha value is -3.53. The number of amides is 3. The summed E-state index contributed by atoms with van der Waals surface area (Å²) in [5, 5.41) is 16.4. The van der Waals surface area contributed by atoms with E-state index in [0.717, 1.165) is 0 Å². The van der Waals surface area contributed by atoms with Gasteiger partial charge in [0.25, 0.3) is 0 Å². The fraction of sp³-hybridized carbons (Fsp3) is 0.500. The van der Waals surface area contributed by atoms with Crippen LogP contribution < -0.4 is 5.73 Å². The number of carbonyl (C=O) groups is 5. The fourth-order valence-corrected chi connectivity index (χ4v) is 5.61. The van der Waals surface area contributed by atoms with Gasteiger partial charge in [0.15, 0.2) is 0 Å². The van der Waals surface area contributed by atoms with Gasteiger partial charge in [-0.2, -0.15) is 13.2 Å². The first kappa shape index (κ1) is 29.0. The van der Waals surface area contributed by atoms with Crippen LogP contribution in [0, 0.1) is 0 Å². The molecule has 0 aromatic heterocycles. The molecule has 38 heavy (non-hydrogen) atoms. The van der Waals surface area contributed by atoms with E-state index in [-0.39, 0.29) is 29.6 Å². The lowest BCUT2D eigenvalue weighted by Crippen LogP contribution is -2.68. The standard InChI is InChI=1S/C20H24N4O6S.C2HF3O2/c1-2-7-30-20(29)22-5-4-13(9-22)23-6-3-11(16(23)25)8-12-10-31-18-14(21)17(26)24(18)15(12)19(27)28;3-2(4,5)1(6)7/h2,8,13-14,18H,1,3-7,9-10,21H2,(H,27,28);(H,6,7)/t13-,14+,18+;/m0./s1. The zero-order valence-corrected chi connectivity index (χ0v) is 20.7. The normalized spacial score (nSPS) is 26.1. The van der Waals surface area contributed by atoms with Crippen molar-refractivity contribution in [3.05, 3.63) is 35.6 Å². The summed E-state index contributed by atoms with van der Waals surface area (Å²) in [6, 6.07) is -0.802. The topological polar surface area (TPSA) is 171 Å². The molecule has 0 unspecified atom stereocenters. The van der Waals surface area contributed by atoms with Gasteiger partial charge >= 0.3 is 24.2 Å². The monoisotopic (exact) mass is 562 g/mol. The van der Waals surface area contributed by atoms with E-state index in [2.05, 4.69) is 6.58 Å². The van der Waals surface area contributed by atoms with Gasteiger partial charge in [-0.1, -0.05) is 12.7 Å². The first-order valence-electron chi connectivity index (χ1n) is 11.3. The number of halogens is 3. The number of carboxylic acid groups (broad SMARTS) is 2. The van der Waals surface area contributed by atoms with Gasteiger partial charge in [-0.25, -0.2) is 14.4 Å². The molecule has 0 radical (unpaired) electrons. The van der Waals surface area contributed by atoms with E-state index in [1.165, 1.54) is 22.7 Å². The minimum Gasteiger partial charge on any atom is -0.477 e. The Kier molecular flexibility index (Phi) is 8.76. The van der Waals surface area contributed by atoms with Crippen LogP contribution in [0.15, 0.2) is 35.6 Å². The number of β-lactam (4-membered cyclic amide) rings is 1. The van der Waals surface area contributed by atoms with E-state index in [4.69, 9.17) is 20.4 Å². The number of carboxylic acids is 2. The van der Waals surface area contributed by atoms with Crippen molar-refractivity contribution in [3.8, 4) is 0 Å². The number of thioether (sulfide) groups is 1. The Balaban J connectivity index is 0.000000505. The van der Waals surface area contributed by atoms with Crippen molar-refractivity contribution >= 4 is 41.6 Å². The molecule has 4 heterocycles. The average Bonchev–Trinajstić information content (AvgIpc) is 3.48. The molecule has 4 aliphatic rings. The van der Waals surface area contributed by atoms with Crippen molar-refractivity contribution < 1.29 is 52.1 Å². The van der Waals surface area contributed by atoms with Gasteiger partial charge in [0, 0.05) is 31.0 Å². The van der Waals surface area contributed by atoms with Crippen molar-refractivity contribution in [2.45, 2.75) is 36.5 Å². The molecule has 3 saturated heterocycles. The number of fused-ring (bicyclic) bond motifs is 1. The van der Waals surface area contributed by atoms with Gasteiger partial charge in [-0.15, -0.1) is 11.8 Å². The van der Waals surface area contributed by atoms with E-state index in [9.17, 15) is 37.5 Å². The largest absolute Gasteiger partial charge is 0.490 e. The van der Waals surface area contributed by atoms with E-state index < -0.39 is 36.2 Å². The second kappa shape index (κ2) is 11.5. The minimum atomic E-state index is -5.08. The predicted octanol–water partition coefficient (Wildman–Crippen LogP) is 0.756. The lowest BCUT2D eigenvalue weighted by atomic mass is 10.0. The van der Waals surface area contributed by atoms with Crippen LogP contribution in [0.4, 0.5) is 18.0 Å². The Morgan fingerprint density at radius 2 is 1.87 bits per heavy atom. The van der Waals surface area contributed by atoms with Crippen LogP contribution >= 0.6 is 11.8 Å². The van der Waals surface area contributed by atoms with Crippen molar-refractivity contribution in [3.63, 3.8) is 0 Å². The van der Waals surface area contributed by atoms with Gasteiger partial charge < -0.3 is 30.5 Å². The molecule has 4 N–H and O–H groups in total. The minimum absolute atomic E-state index is 0.0915. The summed E-state index contributed by atoms with van der Waals surface area (Å²) in [5.41, 5.74) is 6.64. The van der Waals surface area contributed by atoms with Crippen LogP contribution in [-0.2, 0) is 23.9 Å². The molecule has 0 aromatic rings. The Bertz CT molecular complexity index is 1110. The van der Waals surface area contributed by atoms with Crippen molar-refractivity contribution in [2.24, 2.45) is 5.73 Å². The molecule has 208 valence electrons. The summed E-state index contributed by atoms with van der Waals surface area (Å²) in [6.45, 7) is 5.06. The van der Waals surface area contributed by atoms with Crippen LogP contribution in [0.2, 0.25) is 0 Å². The van der Waals surface area contributed by atoms with Gasteiger partial charge in [0.1, 0.15) is 23.7 Å². The molecule has 3 fully saturated rings. The van der Waals surface area contributed by atoms with Crippen LogP contribution in [0.5, 0.6) is 0 Å². The smallest absolute Gasteiger partial charge is 0.477 e. The van der Waals surface area contributed by atoms with Crippen LogP contribution in [0.25, 0.3) is 0 Å². The summed E-state index contributed by atoms with van der Waals surface area (Å²) in [6.07, 6.45) is -1.26. The number of hydrogen-bond acceptors (Lipinski definition) is 8. The first-order chi connectivity index (χ1) is 17.8. The van der Waals surface area contributed by atoms with Crippen LogP contribution in [-0.4, -0.2) is 110 Å². The molecule has 12 nitrogen and oxygen atoms in total. The molecule has 3 atom stereocenters. The lowest BCUT2D eigenvalue weighted by molar-refractivity contribution is -0.192. The molecular formula is C22H25F3N4O8S. The highest BCUT2D eigenvalue weighted by atomic mass is 32.2. The van der Waals surface area contributed by atoms with E-state index in [1.807, 2.05) is 0 Å². The molecule has 0 aliphatic carbocycles. The molecule has 3 amide bonds.